The van der Waals surface area contributed by atoms with E-state index in [1.54, 1.807) is 12.1 Å². The average Bonchev–Trinajstić information content (AvgIpc) is 3.03. The number of imidazole rings is 1. The third-order valence-electron chi connectivity index (χ3n) is 2.66. The van der Waals surface area contributed by atoms with Gasteiger partial charge in [0.15, 0.2) is 5.75 Å². The lowest BCUT2D eigenvalue weighted by molar-refractivity contribution is 0.144. The molecule has 1 aromatic carbocycles. The van der Waals surface area contributed by atoms with Gasteiger partial charge in [-0.3, -0.25) is 0 Å². The number of rotatable bonds is 2. The first-order valence-corrected chi connectivity index (χ1v) is 6.00. The Morgan fingerprint density at radius 3 is 3.05 bits per heavy atom. The summed E-state index contributed by atoms with van der Waals surface area (Å²) in [6, 6.07) is 5.11. The first-order valence-electron chi connectivity index (χ1n) is 5.62. The standard InChI is InChI=1S/C12H6ClN5O3/c13-8-2-10-9(1-6(8)3-14)16-11(17-10)18-5-7(4-15-18)21-12(19)20/h1-2,4-5H,(H,16,17)(H,19,20). The van der Waals surface area contributed by atoms with E-state index in [4.69, 9.17) is 22.0 Å². The molecule has 2 N–H and O–H groups in total. The number of nitrogens with zero attached hydrogens (tertiary/aromatic N) is 4. The number of fused-ring (bicyclic) bond motifs is 1. The fourth-order valence-corrected chi connectivity index (χ4v) is 1.99. The molecule has 8 nitrogen and oxygen atoms in total. The largest absolute Gasteiger partial charge is 0.511 e. The Morgan fingerprint density at radius 2 is 2.33 bits per heavy atom. The number of nitrogens with one attached hydrogen (secondary N) is 1. The number of nitriles is 1. The predicted octanol–water partition coefficient (Wildman–Crippen LogP) is 2.33. The minimum atomic E-state index is -1.43. The molecule has 2 heterocycles. The van der Waals surface area contributed by atoms with Crippen LogP contribution in [0.15, 0.2) is 24.5 Å². The van der Waals surface area contributed by atoms with Crippen LogP contribution < -0.4 is 4.74 Å². The number of carbonyl (C=O) groups is 1. The van der Waals surface area contributed by atoms with Crippen molar-refractivity contribution in [1.82, 2.24) is 19.7 Å². The van der Waals surface area contributed by atoms with E-state index in [1.807, 2.05) is 6.07 Å². The van der Waals surface area contributed by atoms with Gasteiger partial charge in [0.05, 0.1) is 34.0 Å². The summed E-state index contributed by atoms with van der Waals surface area (Å²) >= 11 is 5.94. The zero-order valence-electron chi connectivity index (χ0n) is 10.2. The molecular formula is C12H6ClN5O3. The molecule has 0 bridgehead atoms. The molecule has 0 fully saturated rings. The van der Waals surface area contributed by atoms with Crippen LogP contribution in [-0.2, 0) is 0 Å². The lowest BCUT2D eigenvalue weighted by Gasteiger charge is -1.93. The van der Waals surface area contributed by atoms with Gasteiger partial charge in [-0.1, -0.05) is 11.6 Å². The van der Waals surface area contributed by atoms with Gasteiger partial charge in [-0.25, -0.2) is 14.5 Å². The topological polar surface area (TPSA) is 117 Å². The molecule has 0 saturated heterocycles. The Balaban J connectivity index is 2.03. The quantitative estimate of drug-likeness (QED) is 0.702. The number of ether oxygens (including phenoxy) is 1. The molecule has 0 atom stereocenters. The maximum absolute atomic E-state index is 10.4. The summed E-state index contributed by atoms with van der Waals surface area (Å²) < 4.78 is 5.79. The van der Waals surface area contributed by atoms with Crippen LogP contribution in [0.5, 0.6) is 5.75 Å². The van der Waals surface area contributed by atoms with E-state index >= 15 is 0 Å². The molecule has 0 aliphatic carbocycles. The van der Waals surface area contributed by atoms with Crippen molar-refractivity contribution < 1.29 is 14.6 Å². The van der Waals surface area contributed by atoms with Crippen LogP contribution in [0.2, 0.25) is 5.02 Å². The molecule has 0 aliphatic heterocycles. The Kier molecular flexibility index (Phi) is 2.97. The molecule has 0 radical (unpaired) electrons. The van der Waals surface area contributed by atoms with Gasteiger partial charge >= 0.3 is 6.16 Å². The van der Waals surface area contributed by atoms with E-state index in [2.05, 4.69) is 19.8 Å². The summed E-state index contributed by atoms with van der Waals surface area (Å²) in [4.78, 5) is 17.7. The zero-order valence-corrected chi connectivity index (χ0v) is 11.0. The van der Waals surface area contributed by atoms with Crippen molar-refractivity contribution in [2.24, 2.45) is 0 Å². The van der Waals surface area contributed by atoms with E-state index in [-0.39, 0.29) is 5.75 Å². The van der Waals surface area contributed by atoms with E-state index in [1.165, 1.54) is 17.1 Å². The van der Waals surface area contributed by atoms with Crippen LogP contribution in [0.25, 0.3) is 17.0 Å². The Hall–Kier alpha value is -3.05. The first-order chi connectivity index (χ1) is 10.1. The Bertz CT molecular complexity index is 892. The van der Waals surface area contributed by atoms with E-state index in [9.17, 15) is 4.79 Å². The van der Waals surface area contributed by atoms with Crippen LogP contribution in [0.1, 0.15) is 5.56 Å². The smallest absolute Gasteiger partial charge is 0.449 e. The van der Waals surface area contributed by atoms with Gasteiger partial charge in [0, 0.05) is 0 Å². The number of hydrogen-bond acceptors (Lipinski definition) is 5. The summed E-state index contributed by atoms with van der Waals surface area (Å²) in [7, 11) is 0. The third kappa shape index (κ3) is 2.37. The highest BCUT2D eigenvalue weighted by Crippen LogP contribution is 2.23. The molecule has 21 heavy (non-hydrogen) atoms. The number of H-pyrrole nitrogens is 1. The number of halogens is 1. The van der Waals surface area contributed by atoms with Crippen molar-refractivity contribution >= 4 is 28.8 Å². The van der Waals surface area contributed by atoms with Gasteiger partial charge in [-0.15, -0.1) is 0 Å². The molecule has 0 saturated carbocycles. The molecule has 0 unspecified atom stereocenters. The highest BCUT2D eigenvalue weighted by atomic mass is 35.5. The Morgan fingerprint density at radius 1 is 1.52 bits per heavy atom. The molecule has 0 aliphatic rings. The summed E-state index contributed by atoms with van der Waals surface area (Å²) in [5.74, 6) is 0.412. The second-order valence-corrected chi connectivity index (χ2v) is 4.42. The van der Waals surface area contributed by atoms with Crippen molar-refractivity contribution in [3.8, 4) is 17.8 Å². The second-order valence-electron chi connectivity index (χ2n) is 4.01. The zero-order chi connectivity index (χ0) is 15.0. The number of carboxylic acid groups (broad SMARTS) is 1. The average molecular weight is 304 g/mol. The van der Waals surface area contributed by atoms with Gasteiger partial charge in [0.25, 0.3) is 0 Å². The van der Waals surface area contributed by atoms with E-state index < -0.39 is 6.16 Å². The van der Waals surface area contributed by atoms with Crippen LogP contribution in [0.4, 0.5) is 4.79 Å². The maximum Gasteiger partial charge on any atom is 0.511 e. The number of benzene rings is 1. The van der Waals surface area contributed by atoms with Gasteiger partial charge in [-0.2, -0.15) is 10.4 Å². The summed E-state index contributed by atoms with van der Waals surface area (Å²) in [6.07, 6.45) is 1.18. The van der Waals surface area contributed by atoms with Crippen molar-refractivity contribution in [3.63, 3.8) is 0 Å². The normalized spacial score (nSPS) is 10.5. The predicted molar refractivity (Wildman–Crippen MR) is 71.6 cm³/mol. The van der Waals surface area contributed by atoms with Crippen molar-refractivity contribution in [3.05, 3.63) is 35.1 Å². The molecule has 0 spiro atoms. The lowest BCUT2D eigenvalue weighted by Crippen LogP contribution is -2.02. The minimum Gasteiger partial charge on any atom is -0.449 e. The minimum absolute atomic E-state index is 0.0682. The Labute approximate surface area is 122 Å². The van der Waals surface area contributed by atoms with Crippen LogP contribution in [0, 0.1) is 11.3 Å². The monoisotopic (exact) mass is 303 g/mol. The van der Waals surface area contributed by atoms with Gasteiger partial charge in [0.2, 0.25) is 5.95 Å². The first kappa shape index (κ1) is 13.0. The SMILES string of the molecule is N#Cc1cc2nc(-n3cc(OC(=O)O)cn3)[nH]c2cc1Cl. The second kappa shape index (κ2) is 4.81. The maximum atomic E-state index is 10.4. The van der Waals surface area contributed by atoms with Gasteiger partial charge in [-0.05, 0) is 12.1 Å². The highest BCUT2D eigenvalue weighted by Gasteiger charge is 2.11. The summed E-state index contributed by atoms with van der Waals surface area (Å²) in [6.45, 7) is 0. The number of aromatic nitrogens is 4. The third-order valence-corrected chi connectivity index (χ3v) is 2.97. The van der Waals surface area contributed by atoms with Crippen LogP contribution >= 0.6 is 11.6 Å². The molecule has 2 aromatic heterocycles. The number of hydrogen-bond donors (Lipinski definition) is 2. The van der Waals surface area contributed by atoms with E-state index in [0.29, 0.717) is 27.6 Å². The van der Waals surface area contributed by atoms with Gasteiger partial charge < -0.3 is 14.8 Å². The molecule has 9 heteroatoms. The van der Waals surface area contributed by atoms with Crippen molar-refractivity contribution in [2.45, 2.75) is 0 Å². The molecule has 104 valence electrons. The van der Waals surface area contributed by atoms with E-state index in [0.717, 1.165) is 0 Å². The summed E-state index contributed by atoms with van der Waals surface area (Å²) in [5, 5.41) is 21.7. The van der Waals surface area contributed by atoms with Crippen molar-refractivity contribution in [1.29, 1.82) is 5.26 Å². The molecule has 3 aromatic rings. The van der Waals surface area contributed by atoms with Gasteiger partial charge in [0.1, 0.15) is 6.07 Å². The van der Waals surface area contributed by atoms with Crippen LogP contribution in [0.3, 0.4) is 0 Å². The lowest BCUT2D eigenvalue weighted by atomic mass is 10.2. The molecule has 0 amide bonds. The fraction of sp³-hybridized carbons (Fsp3) is 0. The fourth-order valence-electron chi connectivity index (χ4n) is 1.79. The molecule has 3 rings (SSSR count). The van der Waals surface area contributed by atoms with Crippen molar-refractivity contribution in [2.75, 3.05) is 0 Å². The van der Waals surface area contributed by atoms with Crippen LogP contribution in [-0.4, -0.2) is 31.0 Å². The molecular weight excluding hydrogens is 298 g/mol. The number of aromatic amines is 1. The highest BCUT2D eigenvalue weighted by molar-refractivity contribution is 6.32. The summed E-state index contributed by atoms with van der Waals surface area (Å²) in [5.41, 5.74) is 1.49.